The first kappa shape index (κ1) is 26.8. The van der Waals surface area contributed by atoms with Gasteiger partial charge in [-0.3, -0.25) is 0 Å². The number of ether oxygens (including phenoxy) is 2. The van der Waals surface area contributed by atoms with Gasteiger partial charge in [0.05, 0.1) is 29.8 Å². The van der Waals surface area contributed by atoms with Crippen LogP contribution in [0.4, 0.5) is 13.2 Å². The van der Waals surface area contributed by atoms with E-state index in [-0.39, 0.29) is 31.8 Å². The number of halogens is 3. The lowest BCUT2D eigenvalue weighted by molar-refractivity contribution is -0.174. The van der Waals surface area contributed by atoms with Crippen LogP contribution in [0.5, 0.6) is 0 Å². The van der Waals surface area contributed by atoms with Crippen molar-refractivity contribution in [2.45, 2.75) is 75.0 Å². The zero-order chi connectivity index (χ0) is 25.7. The van der Waals surface area contributed by atoms with Crippen LogP contribution in [-0.2, 0) is 23.8 Å². The molecule has 1 aliphatic heterocycles. The molecule has 5 atom stereocenters. The number of aliphatic hydroxyl groups is 1. The number of rotatable bonds is 6. The number of hydrogen-bond donors (Lipinski definition) is 1. The molecule has 35 heavy (non-hydrogen) atoms. The lowest BCUT2D eigenvalue weighted by Crippen LogP contribution is -2.55. The van der Waals surface area contributed by atoms with Crippen LogP contribution in [0.1, 0.15) is 58.3 Å². The lowest BCUT2D eigenvalue weighted by atomic mass is 9.59. The molecule has 0 aromatic carbocycles. The van der Waals surface area contributed by atoms with E-state index in [4.69, 9.17) is 13.7 Å². The Morgan fingerprint density at radius 1 is 1.37 bits per heavy atom. The molecule has 4 rings (SSSR count). The normalized spacial score (nSPS) is 37.8. The predicted molar refractivity (Wildman–Crippen MR) is 122 cm³/mol. The van der Waals surface area contributed by atoms with E-state index in [0.717, 1.165) is 30.2 Å². The maximum atomic E-state index is 13.3. The summed E-state index contributed by atoms with van der Waals surface area (Å²) in [5.74, 6) is -1.94. The molecule has 1 heterocycles. The van der Waals surface area contributed by atoms with Gasteiger partial charge in [0.1, 0.15) is 12.6 Å². The molecular formula is C23H30F3NO6S2. The van der Waals surface area contributed by atoms with Crippen LogP contribution in [0.3, 0.4) is 0 Å². The first-order valence-electron chi connectivity index (χ1n) is 11.6. The minimum atomic E-state index is -5.95. The summed E-state index contributed by atoms with van der Waals surface area (Å²) in [6, 6.07) is 2.25. The van der Waals surface area contributed by atoms with E-state index in [1.807, 2.05) is 0 Å². The van der Waals surface area contributed by atoms with Crippen LogP contribution < -0.4 is 0 Å². The van der Waals surface area contributed by atoms with Crippen LogP contribution in [0.25, 0.3) is 0 Å². The molecule has 7 nitrogen and oxygen atoms in total. The van der Waals surface area contributed by atoms with E-state index in [9.17, 15) is 32.0 Å². The van der Waals surface area contributed by atoms with Crippen molar-refractivity contribution >= 4 is 21.9 Å². The SMILES string of the molecule is CSC1=C(OS(=O)(=O)C(F)(F)F)[C@@H](CC[C@]23CCCC=C2COCO3)[C@@]2(O)CC[C@H](C#N)[C@@]2(C)C1. The van der Waals surface area contributed by atoms with Crippen LogP contribution in [0.2, 0.25) is 0 Å². The highest BCUT2D eigenvalue weighted by Gasteiger charge is 2.65. The molecule has 0 radical (unpaired) electrons. The van der Waals surface area contributed by atoms with E-state index in [1.54, 1.807) is 13.2 Å². The first-order valence-corrected chi connectivity index (χ1v) is 14.3. The zero-order valence-electron chi connectivity index (χ0n) is 19.7. The Hall–Kier alpha value is -1.26. The number of nitrogens with zero attached hydrogens (tertiary/aromatic N) is 1. The monoisotopic (exact) mass is 537 g/mol. The fraction of sp³-hybridized carbons (Fsp3) is 0.783. The van der Waals surface area contributed by atoms with Crippen LogP contribution in [0, 0.1) is 28.6 Å². The van der Waals surface area contributed by atoms with E-state index < -0.39 is 44.1 Å². The summed E-state index contributed by atoms with van der Waals surface area (Å²) >= 11 is 1.09. The van der Waals surface area contributed by atoms with Crippen LogP contribution in [0.15, 0.2) is 22.3 Å². The second kappa shape index (κ2) is 9.24. The van der Waals surface area contributed by atoms with Crippen molar-refractivity contribution in [1.82, 2.24) is 0 Å². The Morgan fingerprint density at radius 2 is 2.11 bits per heavy atom. The van der Waals surface area contributed by atoms with Gasteiger partial charge in [-0.15, -0.1) is 11.8 Å². The quantitative estimate of drug-likeness (QED) is 0.294. The second-order valence-electron chi connectivity index (χ2n) is 10.0. The summed E-state index contributed by atoms with van der Waals surface area (Å²) in [5.41, 5.74) is -7.89. The topological polar surface area (TPSA) is 106 Å². The van der Waals surface area contributed by atoms with Crippen LogP contribution >= 0.6 is 11.8 Å². The molecule has 0 amide bonds. The number of alkyl halides is 3. The minimum Gasteiger partial charge on any atom is -0.388 e. The molecule has 196 valence electrons. The molecule has 0 unspecified atom stereocenters. The van der Waals surface area contributed by atoms with Gasteiger partial charge in [-0.1, -0.05) is 13.0 Å². The van der Waals surface area contributed by atoms with Gasteiger partial charge >= 0.3 is 15.6 Å². The Bertz CT molecular complexity index is 1070. The Kier molecular flexibility index (Phi) is 7.07. The zero-order valence-corrected chi connectivity index (χ0v) is 21.3. The molecule has 4 aliphatic rings. The minimum absolute atomic E-state index is 0.0583. The Labute approximate surface area is 207 Å². The van der Waals surface area contributed by atoms with Crippen LogP contribution in [-0.4, -0.2) is 49.9 Å². The lowest BCUT2D eigenvalue weighted by Gasteiger charge is -2.51. The first-order chi connectivity index (χ1) is 16.3. The number of allylic oxidation sites excluding steroid dienone is 2. The van der Waals surface area contributed by atoms with Crippen molar-refractivity contribution in [1.29, 1.82) is 5.26 Å². The second-order valence-corrected chi connectivity index (χ2v) is 12.5. The van der Waals surface area contributed by atoms with Gasteiger partial charge in [-0.05, 0) is 63.2 Å². The van der Waals surface area contributed by atoms with E-state index >= 15 is 0 Å². The summed E-state index contributed by atoms with van der Waals surface area (Å²) < 4.78 is 80.4. The smallest absolute Gasteiger partial charge is 0.388 e. The van der Waals surface area contributed by atoms with Crippen molar-refractivity contribution < 1.29 is 40.4 Å². The van der Waals surface area contributed by atoms with E-state index in [0.29, 0.717) is 30.8 Å². The molecule has 1 N–H and O–H groups in total. The number of fused-ring (bicyclic) bond motifs is 2. The molecule has 2 fully saturated rings. The Morgan fingerprint density at radius 3 is 2.77 bits per heavy atom. The molecule has 0 aromatic rings. The van der Waals surface area contributed by atoms with Crippen molar-refractivity contribution in [2.75, 3.05) is 19.7 Å². The van der Waals surface area contributed by atoms with E-state index in [2.05, 4.69) is 12.1 Å². The van der Waals surface area contributed by atoms with Gasteiger partial charge in [-0.25, -0.2) is 0 Å². The van der Waals surface area contributed by atoms with Crippen molar-refractivity contribution in [2.24, 2.45) is 17.3 Å². The number of nitriles is 1. The summed E-state index contributed by atoms with van der Waals surface area (Å²) in [5, 5.41) is 21.8. The third kappa shape index (κ3) is 4.31. The highest BCUT2D eigenvalue weighted by atomic mass is 32.2. The van der Waals surface area contributed by atoms with Crippen molar-refractivity contribution in [3.05, 3.63) is 22.3 Å². The van der Waals surface area contributed by atoms with Gasteiger partial charge in [-0.2, -0.15) is 26.9 Å². The van der Waals surface area contributed by atoms with Crippen molar-refractivity contribution in [3.63, 3.8) is 0 Å². The molecule has 0 bridgehead atoms. The average Bonchev–Trinajstić information content (AvgIpc) is 3.07. The molecule has 12 heteroatoms. The maximum Gasteiger partial charge on any atom is 0.534 e. The summed E-state index contributed by atoms with van der Waals surface area (Å²) in [7, 11) is -5.95. The van der Waals surface area contributed by atoms with Gasteiger partial charge < -0.3 is 18.8 Å². The molecule has 3 aliphatic carbocycles. The third-order valence-corrected chi connectivity index (χ3v) is 10.2. The Balaban J connectivity index is 1.77. The van der Waals surface area contributed by atoms with Gasteiger partial charge in [0, 0.05) is 16.2 Å². The van der Waals surface area contributed by atoms with Gasteiger partial charge in [0.25, 0.3) is 0 Å². The highest BCUT2D eigenvalue weighted by molar-refractivity contribution is 8.02. The fourth-order valence-electron chi connectivity index (χ4n) is 6.38. The van der Waals surface area contributed by atoms with Crippen molar-refractivity contribution in [3.8, 4) is 6.07 Å². The molecular weight excluding hydrogens is 507 g/mol. The molecule has 1 saturated carbocycles. The maximum absolute atomic E-state index is 13.3. The summed E-state index contributed by atoms with van der Waals surface area (Å²) in [4.78, 5) is 0.307. The van der Waals surface area contributed by atoms with E-state index in [1.165, 1.54) is 0 Å². The highest BCUT2D eigenvalue weighted by Crippen LogP contribution is 2.64. The number of hydrogen-bond acceptors (Lipinski definition) is 8. The standard InChI is InChI=1S/C23H30F3NO6S2/c1-20-11-18(34-2)19(33-35(29,30)23(24,25)26)17(22(20,28)10-6-15(20)12-27)7-9-21-8-4-3-5-16(21)13-31-14-32-21/h5,15,17,28H,3-4,6-11,13-14H2,1-2H3/t15-,17-,20-,21-,22+/m1/s1. The molecule has 1 saturated heterocycles. The molecule has 0 spiro atoms. The molecule has 0 aromatic heterocycles. The average molecular weight is 538 g/mol. The summed E-state index contributed by atoms with van der Waals surface area (Å²) in [6.07, 6.45) is 7.18. The van der Waals surface area contributed by atoms with Gasteiger partial charge in [0.2, 0.25) is 0 Å². The fourth-order valence-corrected chi connectivity index (χ4v) is 7.81. The van der Waals surface area contributed by atoms with Gasteiger partial charge in [0.15, 0.2) is 0 Å². The number of thioether (sulfide) groups is 1. The largest absolute Gasteiger partial charge is 0.534 e. The predicted octanol–water partition coefficient (Wildman–Crippen LogP) is 4.75. The summed E-state index contributed by atoms with van der Waals surface area (Å²) in [6.45, 7) is 2.24. The third-order valence-electron chi connectivity index (χ3n) is 8.43.